The van der Waals surface area contributed by atoms with Gasteiger partial charge in [0.15, 0.2) is 5.82 Å². The molecular weight excluding hydrogens is 324 g/mol. The molecule has 0 fully saturated rings. The second kappa shape index (κ2) is 8.18. The number of carbonyl (C=O) groups is 2. The molecule has 8 heteroatoms. The van der Waals surface area contributed by atoms with Crippen LogP contribution in [0.2, 0.25) is 0 Å². The summed E-state index contributed by atoms with van der Waals surface area (Å²) in [6.07, 6.45) is -0.519. The first-order chi connectivity index (χ1) is 11.9. The van der Waals surface area contributed by atoms with Gasteiger partial charge in [0.1, 0.15) is 11.8 Å². The number of hydrogen-bond acceptors (Lipinski definition) is 6. The summed E-state index contributed by atoms with van der Waals surface area (Å²) in [6.45, 7) is 7.35. The van der Waals surface area contributed by atoms with Gasteiger partial charge >= 0.3 is 6.09 Å². The highest BCUT2D eigenvalue weighted by Crippen LogP contribution is 2.24. The van der Waals surface area contributed by atoms with Crippen molar-refractivity contribution >= 4 is 29.2 Å². The van der Waals surface area contributed by atoms with Crippen LogP contribution in [0.1, 0.15) is 25.2 Å². The lowest BCUT2D eigenvalue weighted by Gasteiger charge is -2.18. The summed E-state index contributed by atoms with van der Waals surface area (Å²) in [4.78, 5) is 23.8. The van der Waals surface area contributed by atoms with Crippen LogP contribution in [0.15, 0.2) is 28.8 Å². The van der Waals surface area contributed by atoms with E-state index >= 15 is 0 Å². The van der Waals surface area contributed by atoms with Gasteiger partial charge in [-0.25, -0.2) is 4.79 Å². The number of benzene rings is 1. The Morgan fingerprint density at radius 2 is 1.96 bits per heavy atom. The van der Waals surface area contributed by atoms with E-state index < -0.39 is 12.1 Å². The Balaban J connectivity index is 2.03. The predicted octanol–water partition coefficient (Wildman–Crippen LogP) is 3.30. The molecule has 8 nitrogen and oxygen atoms in total. The van der Waals surface area contributed by atoms with E-state index in [2.05, 4.69) is 21.1 Å². The Kier molecular flexibility index (Phi) is 5.99. The summed E-state index contributed by atoms with van der Waals surface area (Å²) < 4.78 is 9.80. The van der Waals surface area contributed by atoms with Gasteiger partial charge in [-0.1, -0.05) is 11.2 Å². The SMILES string of the molecule is CCOC(=O)Nc1cccc(N[C@@H](C)C(=O)Nc2cc(C)on2)c1C. The van der Waals surface area contributed by atoms with Gasteiger partial charge in [-0.05, 0) is 45.4 Å². The zero-order valence-electron chi connectivity index (χ0n) is 14.7. The van der Waals surface area contributed by atoms with Crippen molar-refractivity contribution < 1.29 is 18.8 Å². The van der Waals surface area contributed by atoms with Gasteiger partial charge in [-0.3, -0.25) is 10.1 Å². The number of hydrogen-bond donors (Lipinski definition) is 3. The highest BCUT2D eigenvalue weighted by Gasteiger charge is 2.16. The van der Waals surface area contributed by atoms with Crippen LogP contribution in [0.25, 0.3) is 0 Å². The molecule has 134 valence electrons. The van der Waals surface area contributed by atoms with E-state index in [1.165, 1.54) is 0 Å². The van der Waals surface area contributed by atoms with Gasteiger partial charge < -0.3 is 19.9 Å². The minimum atomic E-state index is -0.520. The fourth-order valence-corrected chi connectivity index (χ4v) is 2.16. The molecule has 3 N–H and O–H groups in total. The van der Waals surface area contributed by atoms with E-state index in [1.54, 1.807) is 39.0 Å². The Bertz CT molecular complexity index is 757. The maximum atomic E-state index is 12.2. The van der Waals surface area contributed by atoms with Crippen molar-refractivity contribution in [2.24, 2.45) is 0 Å². The molecule has 2 rings (SSSR count). The summed E-state index contributed by atoms with van der Waals surface area (Å²) in [5.74, 6) is 0.728. The standard InChI is InChI=1S/C17H22N4O4/c1-5-24-17(23)19-14-8-6-7-13(11(14)3)18-12(4)16(22)20-15-9-10(2)25-21-15/h6-9,12,18H,5H2,1-4H3,(H,19,23)(H,20,21,22)/t12-/m0/s1. The molecule has 0 aliphatic carbocycles. The summed E-state index contributed by atoms with van der Waals surface area (Å²) >= 11 is 0. The number of anilines is 3. The number of nitrogens with zero attached hydrogens (tertiary/aromatic N) is 1. The highest BCUT2D eigenvalue weighted by molar-refractivity contribution is 5.96. The van der Waals surface area contributed by atoms with Crippen LogP contribution in [0.5, 0.6) is 0 Å². The maximum absolute atomic E-state index is 12.2. The lowest BCUT2D eigenvalue weighted by molar-refractivity contribution is -0.116. The van der Waals surface area contributed by atoms with Crippen LogP contribution in [0.3, 0.4) is 0 Å². The van der Waals surface area contributed by atoms with Gasteiger partial charge in [0.2, 0.25) is 5.91 Å². The Morgan fingerprint density at radius 3 is 2.60 bits per heavy atom. The molecule has 0 spiro atoms. The Labute approximate surface area is 145 Å². The molecule has 1 atom stereocenters. The van der Waals surface area contributed by atoms with E-state index in [-0.39, 0.29) is 5.91 Å². The summed E-state index contributed by atoms with van der Waals surface area (Å²) in [5, 5.41) is 12.2. The van der Waals surface area contributed by atoms with Crippen molar-refractivity contribution in [3.63, 3.8) is 0 Å². The van der Waals surface area contributed by atoms with E-state index in [4.69, 9.17) is 9.26 Å². The Morgan fingerprint density at radius 1 is 1.24 bits per heavy atom. The fourth-order valence-electron chi connectivity index (χ4n) is 2.16. The predicted molar refractivity (Wildman–Crippen MR) is 94.8 cm³/mol. The quantitative estimate of drug-likeness (QED) is 0.741. The molecule has 25 heavy (non-hydrogen) atoms. The van der Waals surface area contributed by atoms with Gasteiger partial charge in [-0.15, -0.1) is 0 Å². The number of ether oxygens (including phenoxy) is 1. The number of rotatable bonds is 6. The highest BCUT2D eigenvalue weighted by atomic mass is 16.5. The normalized spacial score (nSPS) is 11.5. The first-order valence-corrected chi connectivity index (χ1v) is 7.94. The van der Waals surface area contributed by atoms with Crippen molar-refractivity contribution in [1.82, 2.24) is 5.16 Å². The van der Waals surface area contributed by atoms with Gasteiger partial charge in [-0.2, -0.15) is 0 Å². The minimum Gasteiger partial charge on any atom is -0.450 e. The van der Waals surface area contributed by atoms with Crippen LogP contribution in [0.4, 0.5) is 22.0 Å². The van der Waals surface area contributed by atoms with Crippen molar-refractivity contribution in [1.29, 1.82) is 0 Å². The smallest absolute Gasteiger partial charge is 0.411 e. The third-order valence-electron chi connectivity index (χ3n) is 3.49. The molecule has 2 amide bonds. The average molecular weight is 346 g/mol. The first-order valence-electron chi connectivity index (χ1n) is 7.94. The van der Waals surface area contributed by atoms with E-state index in [0.717, 1.165) is 11.3 Å². The minimum absolute atomic E-state index is 0.253. The number of aromatic nitrogens is 1. The van der Waals surface area contributed by atoms with Crippen molar-refractivity contribution in [3.8, 4) is 0 Å². The van der Waals surface area contributed by atoms with Gasteiger partial charge in [0.25, 0.3) is 0 Å². The zero-order chi connectivity index (χ0) is 18.4. The first kappa shape index (κ1) is 18.3. The lowest BCUT2D eigenvalue weighted by Crippen LogP contribution is -2.32. The van der Waals surface area contributed by atoms with Crippen LogP contribution in [-0.4, -0.2) is 29.8 Å². The average Bonchev–Trinajstić information content (AvgIpc) is 2.96. The molecule has 0 bridgehead atoms. The van der Waals surface area contributed by atoms with Gasteiger partial charge in [0, 0.05) is 17.4 Å². The molecular formula is C17H22N4O4. The lowest BCUT2D eigenvalue weighted by atomic mass is 10.1. The molecule has 0 saturated carbocycles. The van der Waals surface area contributed by atoms with Crippen molar-refractivity contribution in [2.75, 3.05) is 22.6 Å². The molecule has 0 saturated heterocycles. The molecule has 0 radical (unpaired) electrons. The number of nitrogens with one attached hydrogen (secondary N) is 3. The number of carbonyl (C=O) groups excluding carboxylic acids is 2. The second-order valence-electron chi connectivity index (χ2n) is 5.50. The monoisotopic (exact) mass is 346 g/mol. The van der Waals surface area contributed by atoms with Crippen LogP contribution in [0, 0.1) is 13.8 Å². The largest absolute Gasteiger partial charge is 0.450 e. The molecule has 0 aliphatic rings. The van der Waals surface area contributed by atoms with E-state index in [0.29, 0.717) is 23.9 Å². The van der Waals surface area contributed by atoms with Crippen LogP contribution >= 0.6 is 0 Å². The fraction of sp³-hybridized carbons (Fsp3) is 0.353. The third-order valence-corrected chi connectivity index (χ3v) is 3.49. The summed E-state index contributed by atoms with van der Waals surface area (Å²) in [6, 6.07) is 6.49. The maximum Gasteiger partial charge on any atom is 0.411 e. The molecule has 1 aromatic heterocycles. The van der Waals surface area contributed by atoms with E-state index in [9.17, 15) is 9.59 Å². The van der Waals surface area contributed by atoms with Crippen LogP contribution < -0.4 is 16.0 Å². The van der Waals surface area contributed by atoms with Crippen molar-refractivity contribution in [3.05, 3.63) is 35.6 Å². The topological polar surface area (TPSA) is 105 Å². The number of aryl methyl sites for hydroxylation is 1. The molecule has 0 unspecified atom stereocenters. The Hall–Kier alpha value is -3.03. The molecule has 2 aromatic rings. The molecule has 1 aromatic carbocycles. The molecule has 0 aliphatic heterocycles. The summed E-state index contributed by atoms with van der Waals surface area (Å²) in [7, 11) is 0. The van der Waals surface area contributed by atoms with Crippen LogP contribution in [-0.2, 0) is 9.53 Å². The van der Waals surface area contributed by atoms with E-state index in [1.807, 2.05) is 13.0 Å². The number of amides is 2. The third kappa shape index (κ3) is 4.97. The van der Waals surface area contributed by atoms with Crippen molar-refractivity contribution in [2.45, 2.75) is 33.7 Å². The summed E-state index contributed by atoms with van der Waals surface area (Å²) in [5.41, 5.74) is 2.14. The zero-order valence-corrected chi connectivity index (χ0v) is 14.7. The van der Waals surface area contributed by atoms with Gasteiger partial charge in [0.05, 0.1) is 6.61 Å². The second-order valence-corrected chi connectivity index (χ2v) is 5.50. The molecule has 1 heterocycles.